The van der Waals surface area contributed by atoms with Gasteiger partial charge in [-0.2, -0.15) is 0 Å². The average molecular weight is 487 g/mol. The highest BCUT2D eigenvalue weighted by Crippen LogP contribution is 2.26. The number of nitrogens with zero attached hydrogens (tertiary/aromatic N) is 4. The number of hydrogen-bond donors (Lipinski definition) is 2. The van der Waals surface area contributed by atoms with Gasteiger partial charge in [0.05, 0.1) is 11.6 Å². The molecular weight excluding hydrogens is 464 g/mol. The first kappa shape index (κ1) is 22.6. The summed E-state index contributed by atoms with van der Waals surface area (Å²) in [5.41, 5.74) is 4.19. The molecule has 3 aromatic rings. The van der Waals surface area contributed by atoms with Crippen molar-refractivity contribution in [3.63, 3.8) is 0 Å². The summed E-state index contributed by atoms with van der Waals surface area (Å²) in [5.74, 6) is 1.22. The van der Waals surface area contributed by atoms with Gasteiger partial charge in [-0.3, -0.25) is 9.59 Å². The number of carbonyl (C=O) groups excluding carboxylic acids is 1. The molecule has 0 bridgehead atoms. The number of aromatic nitrogens is 5. The predicted octanol–water partition coefficient (Wildman–Crippen LogP) is 3.86. The normalized spacial score (nSPS) is 11.1. The van der Waals surface area contributed by atoms with Crippen molar-refractivity contribution in [3.8, 4) is 11.4 Å². The maximum Gasteiger partial charge on any atom is 0.271 e. The number of halogens is 1. The molecule has 2 aliphatic rings. The summed E-state index contributed by atoms with van der Waals surface area (Å²) in [4.78, 5) is 36.4. The van der Waals surface area contributed by atoms with E-state index in [9.17, 15) is 9.59 Å². The van der Waals surface area contributed by atoms with Crippen molar-refractivity contribution in [1.29, 1.82) is 0 Å². The topological polar surface area (TPSA) is 97.6 Å². The molecule has 0 fully saturated rings. The zero-order chi connectivity index (χ0) is 24.4. The molecule has 0 radical (unpaired) electrons. The Bertz CT molecular complexity index is 1520. The Morgan fingerprint density at radius 1 is 1.09 bits per heavy atom. The Hall–Kier alpha value is -4.17. The minimum absolute atomic E-state index is 0.0265. The van der Waals surface area contributed by atoms with Crippen LogP contribution in [0.5, 0.6) is 0 Å². The highest BCUT2D eigenvalue weighted by molar-refractivity contribution is 6.30. The zero-order valence-electron chi connectivity index (χ0n) is 19.0. The van der Waals surface area contributed by atoms with Gasteiger partial charge < -0.3 is 19.4 Å². The summed E-state index contributed by atoms with van der Waals surface area (Å²) in [6.07, 6.45) is 6.93. The molecule has 0 spiro atoms. The number of benzene rings is 1. The van der Waals surface area contributed by atoms with E-state index >= 15 is 0 Å². The molecule has 2 aromatic heterocycles. The van der Waals surface area contributed by atoms with E-state index in [1.165, 1.54) is 0 Å². The lowest BCUT2D eigenvalue weighted by Gasteiger charge is -2.08. The lowest BCUT2D eigenvalue weighted by molar-refractivity contribution is 0.0946. The molecule has 0 atom stereocenters. The summed E-state index contributed by atoms with van der Waals surface area (Å²) in [7, 11) is 0. The fourth-order valence-electron chi connectivity index (χ4n) is 3.95. The van der Waals surface area contributed by atoms with Gasteiger partial charge in [-0.25, -0.2) is 9.97 Å². The summed E-state index contributed by atoms with van der Waals surface area (Å²) < 4.78 is 3.61. The molecule has 176 valence electrons. The molecule has 2 N–H and O–H groups in total. The van der Waals surface area contributed by atoms with Crippen LogP contribution in [-0.4, -0.2) is 30.0 Å². The minimum Gasteiger partial charge on any atom is -0.346 e. The van der Waals surface area contributed by atoms with Gasteiger partial charge in [0, 0.05) is 55.1 Å². The van der Waals surface area contributed by atoms with Crippen LogP contribution in [-0.2, 0) is 19.6 Å². The Balaban J connectivity index is 1.23. The minimum atomic E-state index is -0.254. The molecule has 9 heteroatoms. The maximum atomic E-state index is 12.7. The standard InChI is InChI=1S/C26H23ClN6O2/c1-17-31-23(26(35)30-12-20-11-28-25-22(20)10-21(27)13-29-25)16-33(17)15-19-7-5-18(6-8-19)14-32-9-3-2-4-24(32)34/h2-11,13,16H,12,14-15H2,1H3,(H,28,29)(H,30,35). The number of imidazole rings is 1. The van der Waals surface area contributed by atoms with Gasteiger partial charge in [-0.05, 0) is 30.2 Å². The maximum absolute atomic E-state index is 12.7. The number of amides is 1. The average Bonchev–Trinajstić information content (AvgIpc) is 3.43. The van der Waals surface area contributed by atoms with Crippen LogP contribution in [0.15, 0.2) is 78.1 Å². The Kier molecular flexibility index (Phi) is 6.20. The van der Waals surface area contributed by atoms with Crippen LogP contribution in [0.2, 0.25) is 5.02 Å². The van der Waals surface area contributed by atoms with E-state index in [1.807, 2.05) is 47.9 Å². The van der Waals surface area contributed by atoms with Crippen LogP contribution in [0.3, 0.4) is 0 Å². The van der Waals surface area contributed by atoms with E-state index in [0.717, 1.165) is 33.9 Å². The predicted molar refractivity (Wildman–Crippen MR) is 134 cm³/mol. The van der Waals surface area contributed by atoms with Crippen LogP contribution in [0.1, 0.15) is 33.0 Å². The van der Waals surface area contributed by atoms with Gasteiger partial charge in [-0.15, -0.1) is 0 Å². The number of fused-ring (bicyclic) bond motifs is 1. The van der Waals surface area contributed by atoms with E-state index in [1.54, 1.807) is 41.5 Å². The number of carbonyl (C=O) groups is 1. The first-order valence-electron chi connectivity index (χ1n) is 11.1. The van der Waals surface area contributed by atoms with Gasteiger partial charge in [0.25, 0.3) is 11.5 Å². The largest absolute Gasteiger partial charge is 0.346 e. The first-order chi connectivity index (χ1) is 17.0. The van der Waals surface area contributed by atoms with Crippen molar-refractivity contribution in [2.75, 3.05) is 0 Å². The SMILES string of the molecule is Cc1nc(C(=O)NCc2cnc3[nH]cc(Cl)cc2-3)cn1Cc1ccc(Cn2ccccc2=O)cc1. The molecule has 0 unspecified atom stereocenters. The van der Waals surface area contributed by atoms with Crippen molar-refractivity contribution in [2.24, 2.45) is 0 Å². The lowest BCUT2D eigenvalue weighted by atomic mass is 10.1. The number of aromatic amines is 1. The number of aryl methyl sites for hydroxylation is 1. The fourth-order valence-corrected chi connectivity index (χ4v) is 4.11. The number of H-pyrrole nitrogens is 1. The highest BCUT2D eigenvalue weighted by atomic mass is 35.5. The van der Waals surface area contributed by atoms with Gasteiger partial charge >= 0.3 is 0 Å². The zero-order valence-corrected chi connectivity index (χ0v) is 19.8. The van der Waals surface area contributed by atoms with E-state index in [0.29, 0.717) is 30.4 Å². The molecule has 2 aliphatic heterocycles. The molecule has 1 amide bonds. The summed E-state index contributed by atoms with van der Waals surface area (Å²) in [6.45, 7) is 3.30. The number of pyridine rings is 2. The van der Waals surface area contributed by atoms with Crippen LogP contribution < -0.4 is 10.9 Å². The lowest BCUT2D eigenvalue weighted by Crippen LogP contribution is -2.23. The monoisotopic (exact) mass is 486 g/mol. The van der Waals surface area contributed by atoms with Crippen LogP contribution in [0, 0.1) is 6.92 Å². The molecule has 1 aromatic carbocycles. The van der Waals surface area contributed by atoms with E-state index < -0.39 is 0 Å². The van der Waals surface area contributed by atoms with Crippen LogP contribution in [0.25, 0.3) is 11.4 Å². The first-order valence-corrected chi connectivity index (χ1v) is 11.5. The highest BCUT2D eigenvalue weighted by Gasteiger charge is 2.16. The Morgan fingerprint density at radius 3 is 2.57 bits per heavy atom. The fraction of sp³-hybridized carbons (Fsp3) is 0.154. The van der Waals surface area contributed by atoms with Gasteiger partial charge in [0.2, 0.25) is 0 Å². The van der Waals surface area contributed by atoms with Crippen LogP contribution in [0.4, 0.5) is 0 Å². The van der Waals surface area contributed by atoms with Crippen LogP contribution >= 0.6 is 11.6 Å². The second-order valence-electron chi connectivity index (χ2n) is 8.33. The number of nitrogens with one attached hydrogen (secondary N) is 2. The molecule has 35 heavy (non-hydrogen) atoms. The molecule has 0 saturated carbocycles. The Morgan fingerprint density at radius 2 is 1.83 bits per heavy atom. The summed E-state index contributed by atoms with van der Waals surface area (Å²) >= 11 is 6.07. The molecule has 5 rings (SSSR count). The molecule has 4 heterocycles. The third-order valence-electron chi connectivity index (χ3n) is 5.86. The smallest absolute Gasteiger partial charge is 0.271 e. The van der Waals surface area contributed by atoms with Gasteiger partial charge in [0.15, 0.2) is 0 Å². The van der Waals surface area contributed by atoms with E-state index in [4.69, 9.17) is 11.6 Å². The van der Waals surface area contributed by atoms with Gasteiger partial charge in [-0.1, -0.05) is 41.9 Å². The second kappa shape index (κ2) is 9.60. The van der Waals surface area contributed by atoms with E-state index in [2.05, 4.69) is 20.3 Å². The second-order valence-corrected chi connectivity index (χ2v) is 8.77. The molecule has 0 saturated heterocycles. The van der Waals surface area contributed by atoms with Gasteiger partial charge in [0.1, 0.15) is 17.3 Å². The quantitative estimate of drug-likeness (QED) is 0.365. The number of hydrogen-bond acceptors (Lipinski definition) is 4. The van der Waals surface area contributed by atoms with Crippen molar-refractivity contribution in [2.45, 2.75) is 26.6 Å². The van der Waals surface area contributed by atoms with E-state index in [-0.39, 0.29) is 11.5 Å². The molecule has 8 nitrogen and oxygen atoms in total. The molecular formula is C26H23ClN6O2. The van der Waals surface area contributed by atoms with Crippen molar-refractivity contribution < 1.29 is 4.79 Å². The summed E-state index contributed by atoms with van der Waals surface area (Å²) in [6, 6.07) is 15.0. The van der Waals surface area contributed by atoms with Crippen molar-refractivity contribution >= 4 is 17.5 Å². The summed E-state index contributed by atoms with van der Waals surface area (Å²) in [5, 5.41) is 3.49. The Labute approximate surface area is 206 Å². The third-order valence-corrected chi connectivity index (χ3v) is 6.07. The van der Waals surface area contributed by atoms with Crippen molar-refractivity contribution in [1.82, 2.24) is 29.4 Å². The van der Waals surface area contributed by atoms with Crippen molar-refractivity contribution in [3.05, 3.63) is 117 Å². The molecule has 0 aliphatic carbocycles. The third kappa shape index (κ3) is 5.02. The number of rotatable bonds is 7.